The first kappa shape index (κ1) is 15.0. The summed E-state index contributed by atoms with van der Waals surface area (Å²) in [5.74, 6) is 0.424. The van der Waals surface area contributed by atoms with E-state index in [9.17, 15) is 9.59 Å². The van der Waals surface area contributed by atoms with E-state index < -0.39 is 6.04 Å². The Morgan fingerprint density at radius 2 is 1.90 bits per heavy atom. The average Bonchev–Trinajstić information content (AvgIpc) is 2.50. The van der Waals surface area contributed by atoms with E-state index in [0.717, 1.165) is 17.1 Å². The van der Waals surface area contributed by atoms with Gasteiger partial charge in [0.1, 0.15) is 12.0 Å². The lowest BCUT2D eigenvalue weighted by Gasteiger charge is -2.16. The second kappa shape index (κ2) is 6.88. The third-order valence-electron chi connectivity index (χ3n) is 3.30. The van der Waals surface area contributed by atoms with Crippen molar-refractivity contribution in [3.05, 3.63) is 42.5 Å². The van der Waals surface area contributed by atoms with Crippen LogP contribution in [0.25, 0.3) is 10.8 Å². The number of ether oxygens (including phenoxy) is 1. The SMILES string of the molecule is CC(C)[C@@H](C=O)NC(=O)COc1cccc2ccccc12. The van der Waals surface area contributed by atoms with Crippen LogP contribution in [0.3, 0.4) is 0 Å². The maximum absolute atomic E-state index is 11.8. The number of rotatable bonds is 6. The van der Waals surface area contributed by atoms with Gasteiger partial charge in [-0.15, -0.1) is 0 Å². The van der Waals surface area contributed by atoms with Gasteiger partial charge in [-0.3, -0.25) is 4.79 Å². The molecule has 2 aromatic rings. The Morgan fingerprint density at radius 3 is 2.62 bits per heavy atom. The van der Waals surface area contributed by atoms with E-state index in [1.54, 1.807) is 0 Å². The second-order valence-electron chi connectivity index (χ2n) is 5.24. The minimum Gasteiger partial charge on any atom is -0.483 e. The fraction of sp³-hybridized carbons (Fsp3) is 0.294. The van der Waals surface area contributed by atoms with E-state index in [4.69, 9.17) is 4.74 Å². The van der Waals surface area contributed by atoms with Gasteiger partial charge in [0.25, 0.3) is 5.91 Å². The number of amides is 1. The lowest BCUT2D eigenvalue weighted by atomic mass is 10.1. The van der Waals surface area contributed by atoms with Crippen LogP contribution in [-0.4, -0.2) is 24.8 Å². The summed E-state index contributed by atoms with van der Waals surface area (Å²) < 4.78 is 5.58. The third kappa shape index (κ3) is 3.81. The standard InChI is InChI=1S/C17H19NO3/c1-12(2)15(10-19)18-17(20)11-21-16-9-5-7-13-6-3-4-8-14(13)16/h3-10,12,15H,11H2,1-2H3,(H,18,20)/t15-/m1/s1. The molecule has 0 saturated carbocycles. The first-order chi connectivity index (χ1) is 10.1. The first-order valence-electron chi connectivity index (χ1n) is 6.97. The Labute approximate surface area is 124 Å². The molecule has 21 heavy (non-hydrogen) atoms. The van der Waals surface area contributed by atoms with Gasteiger partial charge >= 0.3 is 0 Å². The highest BCUT2D eigenvalue weighted by molar-refractivity contribution is 5.88. The van der Waals surface area contributed by atoms with E-state index in [1.165, 1.54) is 0 Å². The molecule has 0 aliphatic heterocycles. The van der Waals surface area contributed by atoms with Crippen LogP contribution in [0.4, 0.5) is 0 Å². The highest BCUT2D eigenvalue weighted by Crippen LogP contribution is 2.24. The Kier molecular flexibility index (Phi) is 4.93. The molecule has 0 unspecified atom stereocenters. The molecule has 1 N–H and O–H groups in total. The van der Waals surface area contributed by atoms with Crippen LogP contribution < -0.4 is 10.1 Å². The van der Waals surface area contributed by atoms with Gasteiger partial charge in [0.05, 0.1) is 6.04 Å². The lowest BCUT2D eigenvalue weighted by Crippen LogP contribution is -2.42. The van der Waals surface area contributed by atoms with Crippen LogP contribution in [0, 0.1) is 5.92 Å². The van der Waals surface area contributed by atoms with Gasteiger partial charge in [0.2, 0.25) is 0 Å². The Bertz CT molecular complexity index is 631. The van der Waals surface area contributed by atoms with E-state index in [2.05, 4.69) is 5.32 Å². The molecule has 4 heteroatoms. The maximum Gasteiger partial charge on any atom is 0.258 e. The Morgan fingerprint density at radius 1 is 1.19 bits per heavy atom. The van der Waals surface area contributed by atoms with Crippen LogP contribution in [0.2, 0.25) is 0 Å². The summed E-state index contributed by atoms with van der Waals surface area (Å²) in [6, 6.07) is 13.0. The summed E-state index contributed by atoms with van der Waals surface area (Å²) in [7, 11) is 0. The van der Waals surface area contributed by atoms with Crippen LogP contribution >= 0.6 is 0 Å². The second-order valence-corrected chi connectivity index (χ2v) is 5.24. The zero-order chi connectivity index (χ0) is 15.2. The molecule has 0 spiro atoms. The van der Waals surface area contributed by atoms with Crippen LogP contribution in [0.15, 0.2) is 42.5 Å². The minimum atomic E-state index is -0.478. The van der Waals surface area contributed by atoms with Crippen molar-refractivity contribution < 1.29 is 14.3 Å². The fourth-order valence-electron chi connectivity index (χ4n) is 2.05. The van der Waals surface area contributed by atoms with Crippen LogP contribution in [0.1, 0.15) is 13.8 Å². The Balaban J connectivity index is 2.02. The van der Waals surface area contributed by atoms with Gasteiger partial charge < -0.3 is 14.8 Å². The number of carbonyl (C=O) groups is 2. The van der Waals surface area contributed by atoms with Gasteiger partial charge in [-0.2, -0.15) is 0 Å². The summed E-state index contributed by atoms with van der Waals surface area (Å²) >= 11 is 0. The molecule has 2 rings (SSSR count). The summed E-state index contributed by atoms with van der Waals surface area (Å²) in [6.07, 6.45) is 0.750. The van der Waals surface area contributed by atoms with Crippen molar-refractivity contribution in [1.29, 1.82) is 0 Å². The molecular formula is C17H19NO3. The van der Waals surface area contributed by atoms with Gasteiger partial charge in [0.15, 0.2) is 6.61 Å². The molecule has 0 heterocycles. The molecule has 0 radical (unpaired) electrons. The quantitative estimate of drug-likeness (QED) is 0.830. The van der Waals surface area contributed by atoms with Crippen molar-refractivity contribution in [1.82, 2.24) is 5.32 Å². The predicted octanol–water partition coefficient (Wildman–Crippen LogP) is 2.56. The monoisotopic (exact) mass is 285 g/mol. The molecule has 2 aromatic carbocycles. The molecule has 1 amide bonds. The van der Waals surface area contributed by atoms with E-state index in [1.807, 2.05) is 56.3 Å². The molecule has 1 atom stereocenters. The Hall–Kier alpha value is -2.36. The zero-order valence-electron chi connectivity index (χ0n) is 12.2. The third-order valence-corrected chi connectivity index (χ3v) is 3.30. The summed E-state index contributed by atoms with van der Waals surface area (Å²) in [6.45, 7) is 3.65. The molecule has 0 fully saturated rings. The van der Waals surface area contributed by atoms with Crippen molar-refractivity contribution in [2.24, 2.45) is 5.92 Å². The first-order valence-corrected chi connectivity index (χ1v) is 6.97. The number of benzene rings is 2. The van der Waals surface area contributed by atoms with Crippen LogP contribution in [0.5, 0.6) is 5.75 Å². The number of hydrogen-bond donors (Lipinski definition) is 1. The van der Waals surface area contributed by atoms with Crippen molar-refractivity contribution in [3.8, 4) is 5.75 Å². The van der Waals surface area contributed by atoms with Gasteiger partial charge in [-0.05, 0) is 17.4 Å². The number of hydrogen-bond acceptors (Lipinski definition) is 3. The summed E-state index contributed by atoms with van der Waals surface area (Å²) in [4.78, 5) is 22.7. The average molecular weight is 285 g/mol. The van der Waals surface area contributed by atoms with Crippen molar-refractivity contribution in [2.45, 2.75) is 19.9 Å². The topological polar surface area (TPSA) is 55.4 Å². The lowest BCUT2D eigenvalue weighted by molar-refractivity contribution is -0.126. The molecule has 0 aliphatic carbocycles. The number of nitrogens with one attached hydrogen (secondary N) is 1. The molecule has 4 nitrogen and oxygen atoms in total. The predicted molar refractivity (Wildman–Crippen MR) is 82.3 cm³/mol. The van der Waals surface area contributed by atoms with Gasteiger partial charge in [-0.1, -0.05) is 50.2 Å². The van der Waals surface area contributed by atoms with E-state index in [-0.39, 0.29) is 18.4 Å². The highest BCUT2D eigenvalue weighted by atomic mass is 16.5. The summed E-state index contributed by atoms with van der Waals surface area (Å²) in [5.41, 5.74) is 0. The highest BCUT2D eigenvalue weighted by Gasteiger charge is 2.15. The van der Waals surface area contributed by atoms with Crippen molar-refractivity contribution >= 4 is 23.0 Å². The van der Waals surface area contributed by atoms with Gasteiger partial charge in [-0.25, -0.2) is 0 Å². The van der Waals surface area contributed by atoms with Gasteiger partial charge in [0, 0.05) is 5.39 Å². The molecule has 0 aliphatic rings. The number of fused-ring (bicyclic) bond motifs is 1. The molecule has 0 aromatic heterocycles. The molecule has 0 bridgehead atoms. The molecular weight excluding hydrogens is 266 g/mol. The molecule has 0 saturated heterocycles. The number of aldehydes is 1. The van der Waals surface area contributed by atoms with Crippen LogP contribution in [-0.2, 0) is 9.59 Å². The van der Waals surface area contributed by atoms with Crippen molar-refractivity contribution in [2.75, 3.05) is 6.61 Å². The molecule has 110 valence electrons. The largest absolute Gasteiger partial charge is 0.483 e. The van der Waals surface area contributed by atoms with E-state index >= 15 is 0 Å². The number of carbonyl (C=O) groups excluding carboxylic acids is 2. The van der Waals surface area contributed by atoms with E-state index in [0.29, 0.717) is 5.75 Å². The maximum atomic E-state index is 11.8. The minimum absolute atomic E-state index is 0.0593. The van der Waals surface area contributed by atoms with Crippen molar-refractivity contribution in [3.63, 3.8) is 0 Å². The zero-order valence-corrected chi connectivity index (χ0v) is 12.2. The fourth-order valence-corrected chi connectivity index (χ4v) is 2.05. The summed E-state index contributed by atoms with van der Waals surface area (Å²) in [5, 5.41) is 4.67. The normalized spacial score (nSPS) is 12.1. The smallest absolute Gasteiger partial charge is 0.258 e.